The Morgan fingerprint density at radius 1 is 1.13 bits per heavy atom. The Kier molecular flexibility index (Phi) is 5.03. The van der Waals surface area contributed by atoms with Crippen molar-refractivity contribution in [3.8, 4) is 0 Å². The smallest absolute Gasteiger partial charge is 0.224 e. The molecule has 3 aromatic rings. The van der Waals surface area contributed by atoms with Crippen molar-refractivity contribution in [2.45, 2.75) is 32.6 Å². The van der Waals surface area contributed by atoms with Gasteiger partial charge in [0.05, 0.1) is 15.2 Å². The van der Waals surface area contributed by atoms with Crippen LogP contribution in [0.2, 0.25) is 0 Å². The van der Waals surface area contributed by atoms with Crippen LogP contribution in [0.1, 0.15) is 30.3 Å². The first-order valence-electron chi connectivity index (χ1n) is 7.98. The van der Waals surface area contributed by atoms with Crippen molar-refractivity contribution in [1.29, 1.82) is 0 Å². The van der Waals surface area contributed by atoms with E-state index in [2.05, 4.69) is 29.4 Å². The van der Waals surface area contributed by atoms with E-state index in [1.807, 2.05) is 36.4 Å². The Bertz CT molecular complexity index is 777. The number of rotatable bonds is 6. The van der Waals surface area contributed by atoms with Crippen molar-refractivity contribution < 1.29 is 4.79 Å². The summed E-state index contributed by atoms with van der Waals surface area (Å²) in [6, 6.07) is 16.1. The first-order chi connectivity index (χ1) is 11.3. The fraction of sp³-hybridized carbons (Fsp3) is 0.263. The van der Waals surface area contributed by atoms with Crippen molar-refractivity contribution in [3.05, 3.63) is 59.1 Å². The minimum atomic E-state index is 0.0759. The number of nitrogens with zero attached hydrogens (tertiary/aromatic N) is 1. The van der Waals surface area contributed by atoms with E-state index < -0.39 is 0 Å². The Balaban J connectivity index is 1.53. The number of nitrogens with one attached hydrogen (secondary N) is 1. The van der Waals surface area contributed by atoms with Crippen LogP contribution in [0.25, 0.3) is 10.2 Å². The number of thiazole rings is 1. The highest BCUT2D eigenvalue weighted by atomic mass is 32.1. The summed E-state index contributed by atoms with van der Waals surface area (Å²) in [4.78, 5) is 16.7. The van der Waals surface area contributed by atoms with Crippen molar-refractivity contribution in [2.24, 2.45) is 0 Å². The normalized spacial score (nSPS) is 10.8. The van der Waals surface area contributed by atoms with E-state index in [4.69, 9.17) is 0 Å². The minimum Gasteiger partial charge on any atom is -0.326 e. The molecule has 0 aliphatic carbocycles. The Morgan fingerprint density at radius 2 is 1.91 bits per heavy atom. The number of fused-ring (bicyclic) bond motifs is 1. The van der Waals surface area contributed by atoms with Crippen LogP contribution in [0, 0.1) is 0 Å². The molecule has 1 amide bonds. The molecule has 2 aromatic carbocycles. The average molecular weight is 324 g/mol. The maximum atomic E-state index is 12.1. The number of carbonyl (C=O) groups excluding carboxylic acids is 1. The second-order valence-electron chi connectivity index (χ2n) is 5.49. The van der Waals surface area contributed by atoms with Crippen molar-refractivity contribution in [2.75, 3.05) is 5.32 Å². The van der Waals surface area contributed by atoms with Crippen LogP contribution < -0.4 is 5.32 Å². The number of aromatic nitrogens is 1. The average Bonchev–Trinajstić information content (AvgIpc) is 2.98. The molecule has 1 aromatic heterocycles. The van der Waals surface area contributed by atoms with E-state index in [9.17, 15) is 4.79 Å². The third-order valence-corrected chi connectivity index (χ3v) is 4.90. The molecule has 0 saturated carbocycles. The molecule has 4 heteroatoms. The number of hydrogen-bond donors (Lipinski definition) is 1. The standard InChI is InChI=1S/C19H20N2OS/c1-2-14-8-3-4-9-15(14)20-18(22)12-7-13-19-21-16-10-5-6-11-17(16)23-19/h3-6,8-11H,2,7,12-13H2,1H3,(H,20,22). The second-order valence-corrected chi connectivity index (χ2v) is 6.60. The van der Waals surface area contributed by atoms with E-state index in [1.54, 1.807) is 11.3 Å². The number of hydrogen-bond acceptors (Lipinski definition) is 3. The number of anilines is 1. The molecule has 118 valence electrons. The summed E-state index contributed by atoms with van der Waals surface area (Å²) in [5, 5.41) is 4.12. The van der Waals surface area contributed by atoms with Gasteiger partial charge in [0.2, 0.25) is 5.91 Å². The topological polar surface area (TPSA) is 42.0 Å². The predicted octanol–water partition coefficient (Wildman–Crippen LogP) is 4.82. The number of amides is 1. The van der Waals surface area contributed by atoms with Gasteiger partial charge in [-0.1, -0.05) is 37.3 Å². The zero-order valence-electron chi connectivity index (χ0n) is 13.2. The van der Waals surface area contributed by atoms with Gasteiger partial charge >= 0.3 is 0 Å². The predicted molar refractivity (Wildman–Crippen MR) is 97.0 cm³/mol. The quantitative estimate of drug-likeness (QED) is 0.706. The molecule has 0 atom stereocenters. The number of carbonyl (C=O) groups is 1. The SMILES string of the molecule is CCc1ccccc1NC(=O)CCCc1nc2ccccc2s1. The molecule has 1 N–H and O–H groups in total. The molecule has 3 nitrogen and oxygen atoms in total. The molecule has 0 aliphatic heterocycles. The summed E-state index contributed by atoms with van der Waals surface area (Å²) in [5.41, 5.74) is 3.15. The molecule has 0 bridgehead atoms. The zero-order chi connectivity index (χ0) is 16.1. The van der Waals surface area contributed by atoms with E-state index in [1.165, 1.54) is 10.3 Å². The van der Waals surface area contributed by atoms with Gasteiger partial charge in [0.15, 0.2) is 0 Å². The third-order valence-electron chi connectivity index (χ3n) is 3.81. The van der Waals surface area contributed by atoms with Crippen LogP contribution in [-0.4, -0.2) is 10.9 Å². The molecule has 23 heavy (non-hydrogen) atoms. The lowest BCUT2D eigenvalue weighted by atomic mass is 10.1. The van der Waals surface area contributed by atoms with E-state index in [0.717, 1.165) is 35.5 Å². The van der Waals surface area contributed by atoms with Gasteiger partial charge in [0.1, 0.15) is 0 Å². The summed E-state index contributed by atoms with van der Waals surface area (Å²) in [5.74, 6) is 0.0759. The highest BCUT2D eigenvalue weighted by Crippen LogP contribution is 2.23. The maximum absolute atomic E-state index is 12.1. The van der Waals surface area contributed by atoms with Gasteiger partial charge in [-0.05, 0) is 43.0 Å². The van der Waals surface area contributed by atoms with Crippen LogP contribution in [0.15, 0.2) is 48.5 Å². The molecule has 0 fully saturated rings. The van der Waals surface area contributed by atoms with Crippen LogP contribution in [0.4, 0.5) is 5.69 Å². The van der Waals surface area contributed by atoms with Gasteiger partial charge < -0.3 is 5.32 Å². The fourth-order valence-electron chi connectivity index (χ4n) is 2.59. The lowest BCUT2D eigenvalue weighted by Gasteiger charge is -2.09. The Labute approximate surface area is 140 Å². The Morgan fingerprint density at radius 3 is 2.74 bits per heavy atom. The first kappa shape index (κ1) is 15.7. The molecule has 0 aliphatic rings. The van der Waals surface area contributed by atoms with Gasteiger partial charge in [-0.25, -0.2) is 4.98 Å². The van der Waals surface area contributed by atoms with Crippen LogP contribution in [0.5, 0.6) is 0 Å². The molecule has 0 spiro atoms. The molecular weight excluding hydrogens is 304 g/mol. The van der Waals surface area contributed by atoms with Gasteiger partial charge in [0.25, 0.3) is 0 Å². The first-order valence-corrected chi connectivity index (χ1v) is 8.80. The summed E-state index contributed by atoms with van der Waals surface area (Å²) in [6.07, 6.45) is 3.11. The number of para-hydroxylation sites is 2. The number of benzene rings is 2. The highest BCUT2D eigenvalue weighted by molar-refractivity contribution is 7.18. The van der Waals surface area contributed by atoms with Crippen molar-refractivity contribution in [1.82, 2.24) is 4.98 Å². The summed E-state index contributed by atoms with van der Waals surface area (Å²) in [7, 11) is 0. The molecule has 1 heterocycles. The van der Waals surface area contributed by atoms with Gasteiger partial charge in [-0.3, -0.25) is 4.79 Å². The van der Waals surface area contributed by atoms with E-state index in [-0.39, 0.29) is 5.91 Å². The molecular formula is C19H20N2OS. The van der Waals surface area contributed by atoms with E-state index in [0.29, 0.717) is 6.42 Å². The highest BCUT2D eigenvalue weighted by Gasteiger charge is 2.07. The third kappa shape index (κ3) is 3.96. The fourth-order valence-corrected chi connectivity index (χ4v) is 3.60. The van der Waals surface area contributed by atoms with Crippen LogP contribution in [-0.2, 0) is 17.6 Å². The van der Waals surface area contributed by atoms with Gasteiger partial charge in [-0.2, -0.15) is 0 Å². The lowest BCUT2D eigenvalue weighted by Crippen LogP contribution is -2.12. The monoisotopic (exact) mass is 324 g/mol. The van der Waals surface area contributed by atoms with Crippen LogP contribution >= 0.6 is 11.3 Å². The molecule has 0 radical (unpaired) electrons. The molecule has 0 unspecified atom stereocenters. The zero-order valence-corrected chi connectivity index (χ0v) is 14.0. The molecule has 0 saturated heterocycles. The van der Waals surface area contributed by atoms with Gasteiger partial charge in [0, 0.05) is 12.1 Å². The number of aryl methyl sites for hydroxylation is 2. The van der Waals surface area contributed by atoms with Crippen molar-refractivity contribution in [3.63, 3.8) is 0 Å². The van der Waals surface area contributed by atoms with E-state index >= 15 is 0 Å². The maximum Gasteiger partial charge on any atom is 0.224 e. The molecule has 3 rings (SSSR count). The minimum absolute atomic E-state index is 0.0759. The van der Waals surface area contributed by atoms with Crippen LogP contribution in [0.3, 0.4) is 0 Å². The lowest BCUT2D eigenvalue weighted by molar-refractivity contribution is -0.116. The summed E-state index contributed by atoms with van der Waals surface area (Å²) in [6.45, 7) is 2.10. The Hall–Kier alpha value is -2.20. The summed E-state index contributed by atoms with van der Waals surface area (Å²) >= 11 is 1.72. The van der Waals surface area contributed by atoms with Crippen molar-refractivity contribution >= 4 is 33.1 Å². The second kappa shape index (κ2) is 7.38. The largest absolute Gasteiger partial charge is 0.326 e. The summed E-state index contributed by atoms with van der Waals surface area (Å²) < 4.78 is 1.21. The van der Waals surface area contributed by atoms with Gasteiger partial charge in [-0.15, -0.1) is 11.3 Å².